The van der Waals surface area contributed by atoms with Gasteiger partial charge in [-0.1, -0.05) is 11.6 Å². The molecule has 17 heavy (non-hydrogen) atoms. The Morgan fingerprint density at radius 2 is 2.12 bits per heavy atom. The zero-order chi connectivity index (χ0) is 12.4. The van der Waals surface area contributed by atoms with Crippen LogP contribution in [0.25, 0.3) is 0 Å². The van der Waals surface area contributed by atoms with Gasteiger partial charge in [-0.05, 0) is 26.0 Å². The molecule has 5 heteroatoms. The second-order valence-corrected chi connectivity index (χ2v) is 3.80. The summed E-state index contributed by atoms with van der Waals surface area (Å²) in [5.41, 5.74) is 1.85. The van der Waals surface area contributed by atoms with E-state index in [1.807, 2.05) is 13.8 Å². The maximum Gasteiger partial charge on any atom is 0.339 e. The molecule has 0 atom stereocenters. The van der Waals surface area contributed by atoms with E-state index >= 15 is 0 Å². The number of benzene rings is 1. The lowest BCUT2D eigenvalue weighted by Gasteiger charge is -2.06. The smallest absolute Gasteiger partial charge is 0.339 e. The number of H-pyrrole nitrogens is 1. The molecule has 2 aromatic rings. The number of ether oxygens (including phenoxy) is 1. The van der Waals surface area contributed by atoms with Gasteiger partial charge in [-0.25, -0.2) is 4.79 Å². The van der Waals surface area contributed by atoms with Gasteiger partial charge in [0.05, 0.1) is 0 Å². The van der Waals surface area contributed by atoms with E-state index in [4.69, 9.17) is 9.84 Å². The monoisotopic (exact) mass is 232 g/mol. The van der Waals surface area contributed by atoms with E-state index in [9.17, 15) is 4.79 Å². The van der Waals surface area contributed by atoms with Crippen LogP contribution in [0.4, 0.5) is 0 Å². The SMILES string of the molecule is Cc1ccc(Oc2cc(C)[nH]n2)c(C(=O)O)c1. The fourth-order valence-corrected chi connectivity index (χ4v) is 1.46. The molecule has 0 saturated carbocycles. The molecular weight excluding hydrogens is 220 g/mol. The first-order valence-corrected chi connectivity index (χ1v) is 5.10. The molecule has 0 spiro atoms. The highest BCUT2D eigenvalue weighted by atomic mass is 16.5. The molecule has 1 heterocycles. The van der Waals surface area contributed by atoms with Gasteiger partial charge in [-0.2, -0.15) is 0 Å². The van der Waals surface area contributed by atoms with E-state index < -0.39 is 5.97 Å². The van der Waals surface area contributed by atoms with E-state index in [0.29, 0.717) is 5.88 Å². The van der Waals surface area contributed by atoms with E-state index in [1.165, 1.54) is 0 Å². The summed E-state index contributed by atoms with van der Waals surface area (Å²) < 4.78 is 5.42. The molecule has 0 unspecified atom stereocenters. The van der Waals surface area contributed by atoms with Gasteiger partial charge in [0.2, 0.25) is 5.88 Å². The molecule has 0 aliphatic carbocycles. The lowest BCUT2D eigenvalue weighted by atomic mass is 10.1. The summed E-state index contributed by atoms with van der Waals surface area (Å²) in [6.45, 7) is 3.67. The number of carboxylic acid groups (broad SMARTS) is 1. The third-order valence-corrected chi connectivity index (χ3v) is 2.26. The normalized spacial score (nSPS) is 10.2. The molecule has 0 fully saturated rings. The van der Waals surface area contributed by atoms with Gasteiger partial charge in [0.15, 0.2) is 0 Å². The van der Waals surface area contributed by atoms with Crippen LogP contribution in [-0.4, -0.2) is 21.3 Å². The van der Waals surface area contributed by atoms with Crippen molar-refractivity contribution in [2.24, 2.45) is 0 Å². The van der Waals surface area contributed by atoms with Crippen molar-refractivity contribution in [3.63, 3.8) is 0 Å². The first-order chi connectivity index (χ1) is 8.06. The Labute approximate surface area is 98.0 Å². The van der Waals surface area contributed by atoms with Crippen LogP contribution in [0, 0.1) is 13.8 Å². The fraction of sp³-hybridized carbons (Fsp3) is 0.167. The minimum atomic E-state index is -1.02. The first kappa shape index (κ1) is 11.2. The van der Waals surface area contributed by atoms with Gasteiger partial charge >= 0.3 is 5.97 Å². The Bertz CT molecular complexity index is 561. The number of aromatic carboxylic acids is 1. The number of aromatic nitrogens is 2. The van der Waals surface area contributed by atoms with Crippen molar-refractivity contribution in [2.75, 3.05) is 0 Å². The second-order valence-electron chi connectivity index (χ2n) is 3.80. The van der Waals surface area contributed by atoms with Crippen LogP contribution in [0.2, 0.25) is 0 Å². The minimum absolute atomic E-state index is 0.130. The Hall–Kier alpha value is -2.30. The largest absolute Gasteiger partial charge is 0.478 e. The quantitative estimate of drug-likeness (QED) is 0.852. The highest BCUT2D eigenvalue weighted by molar-refractivity contribution is 5.91. The molecule has 1 aromatic carbocycles. The Morgan fingerprint density at radius 3 is 2.71 bits per heavy atom. The van der Waals surface area contributed by atoms with Gasteiger partial charge in [0.25, 0.3) is 0 Å². The number of aryl methyl sites for hydroxylation is 2. The van der Waals surface area contributed by atoms with Crippen LogP contribution in [0.15, 0.2) is 24.3 Å². The van der Waals surface area contributed by atoms with Crippen molar-refractivity contribution < 1.29 is 14.6 Å². The zero-order valence-electron chi connectivity index (χ0n) is 9.52. The first-order valence-electron chi connectivity index (χ1n) is 5.10. The van der Waals surface area contributed by atoms with Crippen molar-refractivity contribution in [1.29, 1.82) is 0 Å². The molecule has 0 bridgehead atoms. The van der Waals surface area contributed by atoms with Crippen molar-refractivity contribution in [3.8, 4) is 11.6 Å². The second kappa shape index (κ2) is 4.29. The molecule has 2 N–H and O–H groups in total. The average Bonchev–Trinajstić information content (AvgIpc) is 2.66. The Morgan fingerprint density at radius 1 is 1.35 bits per heavy atom. The van der Waals surface area contributed by atoms with Crippen molar-refractivity contribution in [2.45, 2.75) is 13.8 Å². The van der Waals surface area contributed by atoms with Crippen LogP contribution < -0.4 is 4.74 Å². The van der Waals surface area contributed by atoms with E-state index in [-0.39, 0.29) is 11.3 Å². The average molecular weight is 232 g/mol. The topological polar surface area (TPSA) is 75.2 Å². The van der Waals surface area contributed by atoms with Crippen molar-refractivity contribution in [3.05, 3.63) is 41.1 Å². The van der Waals surface area contributed by atoms with Gasteiger partial charge in [0, 0.05) is 11.8 Å². The van der Waals surface area contributed by atoms with Crippen molar-refractivity contribution in [1.82, 2.24) is 10.2 Å². The van der Waals surface area contributed by atoms with Gasteiger partial charge in [-0.15, -0.1) is 5.10 Å². The van der Waals surface area contributed by atoms with Gasteiger partial charge in [-0.3, -0.25) is 5.10 Å². The third-order valence-electron chi connectivity index (χ3n) is 2.26. The standard InChI is InChI=1S/C12H12N2O3/c1-7-3-4-10(9(5-7)12(15)16)17-11-6-8(2)13-14-11/h3-6H,1-2H3,(H,13,14)(H,15,16). The van der Waals surface area contributed by atoms with E-state index in [1.54, 1.807) is 24.3 Å². The molecule has 88 valence electrons. The number of nitrogens with one attached hydrogen (secondary N) is 1. The summed E-state index contributed by atoms with van der Waals surface area (Å²) >= 11 is 0. The summed E-state index contributed by atoms with van der Waals surface area (Å²) in [7, 11) is 0. The van der Waals surface area contributed by atoms with Crippen LogP contribution in [0.1, 0.15) is 21.6 Å². The zero-order valence-corrected chi connectivity index (χ0v) is 9.52. The predicted octanol–water partition coefficient (Wildman–Crippen LogP) is 2.52. The molecule has 0 amide bonds. The van der Waals surface area contributed by atoms with Crippen LogP contribution >= 0.6 is 0 Å². The maximum absolute atomic E-state index is 11.1. The fourth-order valence-electron chi connectivity index (χ4n) is 1.46. The summed E-state index contributed by atoms with van der Waals surface area (Å²) in [4.78, 5) is 11.1. The number of rotatable bonds is 3. The molecule has 5 nitrogen and oxygen atoms in total. The molecular formula is C12H12N2O3. The summed E-state index contributed by atoms with van der Waals surface area (Å²) in [6, 6.07) is 6.69. The number of hydrogen-bond donors (Lipinski definition) is 2. The number of carbonyl (C=O) groups is 1. The van der Waals surface area contributed by atoms with Crippen molar-refractivity contribution >= 4 is 5.97 Å². The van der Waals surface area contributed by atoms with E-state index in [0.717, 1.165) is 11.3 Å². The number of hydrogen-bond acceptors (Lipinski definition) is 3. The minimum Gasteiger partial charge on any atom is -0.478 e. The number of nitrogens with zero attached hydrogens (tertiary/aromatic N) is 1. The molecule has 0 radical (unpaired) electrons. The van der Waals surface area contributed by atoms with Crippen LogP contribution in [0.3, 0.4) is 0 Å². The predicted molar refractivity (Wildman–Crippen MR) is 61.5 cm³/mol. The highest BCUT2D eigenvalue weighted by Crippen LogP contribution is 2.25. The maximum atomic E-state index is 11.1. The molecule has 0 aliphatic heterocycles. The highest BCUT2D eigenvalue weighted by Gasteiger charge is 2.13. The molecule has 0 aliphatic rings. The summed E-state index contributed by atoms with van der Waals surface area (Å²) in [6.07, 6.45) is 0. The Balaban J connectivity index is 2.35. The third kappa shape index (κ3) is 2.44. The number of carboxylic acids is 1. The summed E-state index contributed by atoms with van der Waals surface area (Å²) in [5, 5.41) is 15.7. The molecule has 0 saturated heterocycles. The van der Waals surface area contributed by atoms with Gasteiger partial charge < -0.3 is 9.84 Å². The number of aromatic amines is 1. The summed E-state index contributed by atoms with van der Waals surface area (Å²) in [5.74, 6) is -0.376. The van der Waals surface area contributed by atoms with Crippen LogP contribution in [0.5, 0.6) is 11.6 Å². The molecule has 1 aromatic heterocycles. The van der Waals surface area contributed by atoms with Gasteiger partial charge in [0.1, 0.15) is 11.3 Å². The van der Waals surface area contributed by atoms with Crippen LogP contribution in [-0.2, 0) is 0 Å². The molecule has 2 rings (SSSR count). The lowest BCUT2D eigenvalue weighted by Crippen LogP contribution is -2.00. The lowest BCUT2D eigenvalue weighted by molar-refractivity contribution is 0.0694. The van der Waals surface area contributed by atoms with E-state index in [2.05, 4.69) is 10.2 Å². The Kier molecular flexibility index (Phi) is 2.82.